The molecule has 0 aromatic carbocycles. The third-order valence-electron chi connectivity index (χ3n) is 2.85. The summed E-state index contributed by atoms with van der Waals surface area (Å²) in [5.74, 6) is 0.180. The Bertz CT molecular complexity index is 821. The number of H-pyrrole nitrogens is 1. The van der Waals surface area contributed by atoms with Crippen LogP contribution in [-0.4, -0.2) is 35.9 Å². The zero-order chi connectivity index (χ0) is 15.4. The van der Waals surface area contributed by atoms with Crippen molar-refractivity contribution < 1.29 is 4.79 Å². The highest BCUT2D eigenvalue weighted by Crippen LogP contribution is 2.09. The number of rotatable bonds is 4. The molecule has 110 valence electrons. The predicted octanol–water partition coefficient (Wildman–Crippen LogP) is -0.324. The van der Waals surface area contributed by atoms with Gasteiger partial charge in [0.15, 0.2) is 5.82 Å². The average molecular weight is 297 g/mol. The van der Waals surface area contributed by atoms with Gasteiger partial charge in [-0.3, -0.25) is 9.59 Å². The van der Waals surface area contributed by atoms with E-state index in [9.17, 15) is 9.59 Å². The number of nitrogens with zero attached hydrogens (tertiary/aromatic N) is 5. The summed E-state index contributed by atoms with van der Waals surface area (Å²) in [6, 6.07) is 6.19. The van der Waals surface area contributed by atoms with Gasteiger partial charge in [-0.05, 0) is 12.1 Å². The molecule has 0 radical (unpaired) electrons. The Morgan fingerprint density at radius 1 is 1.32 bits per heavy atom. The van der Waals surface area contributed by atoms with Gasteiger partial charge in [0.1, 0.15) is 18.3 Å². The van der Waals surface area contributed by atoms with Crippen LogP contribution in [0, 0.1) is 0 Å². The van der Waals surface area contributed by atoms with Crippen LogP contribution in [-0.2, 0) is 6.54 Å². The van der Waals surface area contributed by atoms with Gasteiger partial charge in [0.05, 0.1) is 0 Å². The topological polar surface area (TPSA) is 118 Å². The Labute approximate surface area is 124 Å². The molecule has 9 heteroatoms. The lowest BCUT2D eigenvalue weighted by atomic mass is 10.2. The third-order valence-corrected chi connectivity index (χ3v) is 2.85. The minimum atomic E-state index is -0.398. The molecule has 0 spiro atoms. The predicted molar refractivity (Wildman–Crippen MR) is 75.2 cm³/mol. The fourth-order valence-corrected chi connectivity index (χ4v) is 1.83. The molecule has 0 bridgehead atoms. The van der Waals surface area contributed by atoms with Crippen LogP contribution >= 0.6 is 0 Å². The molecule has 1 amide bonds. The lowest BCUT2D eigenvalue weighted by molar-refractivity contribution is 0.0944. The fourth-order valence-electron chi connectivity index (χ4n) is 1.83. The van der Waals surface area contributed by atoms with Crippen LogP contribution in [0.3, 0.4) is 0 Å². The largest absolute Gasteiger partial charge is 0.346 e. The Hall–Kier alpha value is -3.36. The molecule has 3 aromatic rings. The van der Waals surface area contributed by atoms with Gasteiger partial charge in [-0.25, -0.2) is 19.7 Å². The molecule has 0 atom stereocenters. The molecule has 3 rings (SSSR count). The highest BCUT2D eigenvalue weighted by atomic mass is 16.2. The van der Waals surface area contributed by atoms with Gasteiger partial charge >= 0.3 is 0 Å². The van der Waals surface area contributed by atoms with Crippen LogP contribution in [0.25, 0.3) is 5.82 Å². The first kappa shape index (κ1) is 13.6. The maximum atomic E-state index is 12.0. The van der Waals surface area contributed by atoms with Crippen molar-refractivity contribution >= 4 is 5.91 Å². The Morgan fingerprint density at radius 2 is 2.23 bits per heavy atom. The summed E-state index contributed by atoms with van der Waals surface area (Å²) >= 11 is 0. The number of pyridine rings is 1. The molecule has 0 saturated heterocycles. The number of hydrogen-bond donors (Lipinski definition) is 2. The van der Waals surface area contributed by atoms with Crippen LogP contribution in [0.2, 0.25) is 0 Å². The SMILES string of the molecule is O=C(NCc1cccnc1-n1cncn1)c1ccc(=O)[nH]n1. The van der Waals surface area contributed by atoms with Crippen LogP contribution in [0.15, 0.2) is 47.9 Å². The average Bonchev–Trinajstić information content (AvgIpc) is 3.08. The van der Waals surface area contributed by atoms with Crippen molar-refractivity contribution in [2.45, 2.75) is 6.54 Å². The molecule has 22 heavy (non-hydrogen) atoms. The second-order valence-electron chi connectivity index (χ2n) is 4.32. The number of nitrogens with one attached hydrogen (secondary N) is 2. The summed E-state index contributed by atoms with van der Waals surface area (Å²) in [6.45, 7) is 0.239. The molecular formula is C13H11N7O2. The molecule has 2 N–H and O–H groups in total. The van der Waals surface area contributed by atoms with Crippen LogP contribution in [0.5, 0.6) is 0 Å². The van der Waals surface area contributed by atoms with Gasteiger partial charge < -0.3 is 5.32 Å². The maximum absolute atomic E-state index is 12.0. The summed E-state index contributed by atoms with van der Waals surface area (Å²) in [4.78, 5) is 31.0. The van der Waals surface area contributed by atoms with Crippen molar-refractivity contribution in [3.05, 3.63) is 64.7 Å². The number of aromatic amines is 1. The van der Waals surface area contributed by atoms with Gasteiger partial charge in [-0.15, -0.1) is 0 Å². The van der Waals surface area contributed by atoms with Crippen molar-refractivity contribution in [2.75, 3.05) is 0 Å². The van der Waals surface area contributed by atoms with E-state index in [1.165, 1.54) is 29.5 Å². The highest BCUT2D eigenvalue weighted by Gasteiger charge is 2.10. The van der Waals surface area contributed by atoms with Gasteiger partial charge in [-0.1, -0.05) is 6.07 Å². The first-order valence-corrected chi connectivity index (χ1v) is 6.37. The first-order valence-electron chi connectivity index (χ1n) is 6.37. The van der Waals surface area contributed by atoms with E-state index in [2.05, 4.69) is 30.6 Å². The molecule has 0 aliphatic carbocycles. The van der Waals surface area contributed by atoms with E-state index in [-0.39, 0.29) is 17.8 Å². The normalized spacial score (nSPS) is 10.4. The fraction of sp³-hybridized carbons (Fsp3) is 0.0769. The minimum absolute atomic E-state index is 0.130. The van der Waals surface area contributed by atoms with E-state index in [0.29, 0.717) is 5.82 Å². The molecule has 0 aliphatic rings. The summed E-state index contributed by atoms with van der Waals surface area (Å²) in [6.07, 6.45) is 4.56. The second kappa shape index (κ2) is 5.95. The van der Waals surface area contributed by atoms with E-state index in [4.69, 9.17) is 0 Å². The standard InChI is InChI=1S/C13H11N7O2/c21-11-4-3-10(18-19-11)13(22)16-6-9-2-1-5-15-12(9)20-8-14-7-17-20/h1-5,7-8H,6H2,(H,16,22)(H,19,21). The highest BCUT2D eigenvalue weighted by molar-refractivity contribution is 5.91. The van der Waals surface area contributed by atoms with Gasteiger partial charge in [0.25, 0.3) is 11.5 Å². The Morgan fingerprint density at radius 3 is 2.95 bits per heavy atom. The van der Waals surface area contributed by atoms with E-state index in [0.717, 1.165) is 5.56 Å². The van der Waals surface area contributed by atoms with Gasteiger partial charge in [0, 0.05) is 24.4 Å². The Balaban J connectivity index is 1.76. The molecule has 0 unspecified atom stereocenters. The summed E-state index contributed by atoms with van der Waals surface area (Å²) in [5.41, 5.74) is 0.536. The molecule has 9 nitrogen and oxygen atoms in total. The molecule has 3 aromatic heterocycles. The summed E-state index contributed by atoms with van der Waals surface area (Å²) in [5, 5.41) is 12.6. The van der Waals surface area contributed by atoms with Crippen molar-refractivity contribution in [3.63, 3.8) is 0 Å². The maximum Gasteiger partial charge on any atom is 0.271 e. The van der Waals surface area contributed by atoms with Gasteiger partial charge in [0.2, 0.25) is 0 Å². The van der Waals surface area contributed by atoms with Crippen molar-refractivity contribution in [2.24, 2.45) is 0 Å². The lowest BCUT2D eigenvalue weighted by Crippen LogP contribution is -2.26. The summed E-state index contributed by atoms with van der Waals surface area (Å²) < 4.78 is 1.51. The van der Waals surface area contributed by atoms with E-state index >= 15 is 0 Å². The second-order valence-corrected chi connectivity index (χ2v) is 4.32. The van der Waals surface area contributed by atoms with Crippen LogP contribution < -0.4 is 10.9 Å². The number of hydrogen-bond acceptors (Lipinski definition) is 6. The quantitative estimate of drug-likeness (QED) is 0.681. The monoisotopic (exact) mass is 297 g/mol. The molecule has 3 heterocycles. The number of amides is 1. The number of carbonyl (C=O) groups excluding carboxylic acids is 1. The summed E-state index contributed by atoms with van der Waals surface area (Å²) in [7, 11) is 0. The van der Waals surface area contributed by atoms with Crippen LogP contribution in [0.4, 0.5) is 0 Å². The minimum Gasteiger partial charge on any atom is -0.346 e. The smallest absolute Gasteiger partial charge is 0.271 e. The Kier molecular flexibility index (Phi) is 3.69. The van der Waals surface area contributed by atoms with Crippen LogP contribution in [0.1, 0.15) is 16.1 Å². The van der Waals surface area contributed by atoms with Gasteiger partial charge in [-0.2, -0.15) is 10.2 Å². The number of aromatic nitrogens is 6. The van der Waals surface area contributed by atoms with Crippen molar-refractivity contribution in [1.82, 2.24) is 35.3 Å². The van der Waals surface area contributed by atoms with Crippen molar-refractivity contribution in [1.29, 1.82) is 0 Å². The molecule has 0 aliphatic heterocycles. The lowest BCUT2D eigenvalue weighted by Gasteiger charge is -2.08. The third kappa shape index (κ3) is 2.87. The molecular weight excluding hydrogens is 286 g/mol. The van der Waals surface area contributed by atoms with E-state index < -0.39 is 5.91 Å². The first-order chi connectivity index (χ1) is 10.7. The number of carbonyl (C=O) groups is 1. The zero-order valence-corrected chi connectivity index (χ0v) is 11.3. The zero-order valence-electron chi connectivity index (χ0n) is 11.3. The molecule has 0 fully saturated rings. The van der Waals surface area contributed by atoms with E-state index in [1.54, 1.807) is 12.3 Å². The van der Waals surface area contributed by atoms with E-state index in [1.807, 2.05) is 6.07 Å². The van der Waals surface area contributed by atoms with Crippen molar-refractivity contribution in [3.8, 4) is 5.82 Å². The molecule has 0 saturated carbocycles.